The van der Waals surface area contributed by atoms with Crippen LogP contribution in [0, 0.1) is 6.92 Å². The zero-order valence-corrected chi connectivity index (χ0v) is 7.53. The van der Waals surface area contributed by atoms with Crippen LogP contribution in [-0.2, 0) is 0 Å². The molecule has 3 heteroatoms. The lowest BCUT2D eigenvalue weighted by atomic mass is 10.2. The van der Waals surface area contributed by atoms with Crippen LogP contribution in [-0.4, -0.2) is 9.61 Å². The van der Waals surface area contributed by atoms with Crippen LogP contribution in [0.4, 0.5) is 0 Å². The van der Waals surface area contributed by atoms with E-state index in [1.807, 2.05) is 19.2 Å². The van der Waals surface area contributed by atoms with E-state index < -0.39 is 0 Å². The van der Waals surface area contributed by atoms with Crippen LogP contribution in [0.5, 0.6) is 0 Å². The lowest BCUT2D eigenvalue weighted by Gasteiger charge is -1.94. The molecule has 0 saturated heterocycles. The Morgan fingerprint density at radius 3 is 2.83 bits per heavy atom. The van der Waals surface area contributed by atoms with Gasteiger partial charge in [0.15, 0.2) is 0 Å². The summed E-state index contributed by atoms with van der Waals surface area (Å²) in [4.78, 5) is 0. The smallest absolute Gasteiger partial charge is 0.221 e. The Morgan fingerprint density at radius 1 is 1.50 bits per heavy atom. The van der Waals surface area contributed by atoms with Crippen molar-refractivity contribution in [3.8, 4) is 0 Å². The van der Waals surface area contributed by atoms with Crippen LogP contribution in [0.3, 0.4) is 0 Å². The fourth-order valence-corrected chi connectivity index (χ4v) is 1.20. The SMILES string of the molecule is Cc1cc2oc(C(C)C)cn2n1. The fourth-order valence-electron chi connectivity index (χ4n) is 1.20. The second kappa shape index (κ2) is 2.37. The molecule has 0 radical (unpaired) electrons. The van der Waals surface area contributed by atoms with E-state index in [4.69, 9.17) is 4.42 Å². The van der Waals surface area contributed by atoms with Crippen LogP contribution < -0.4 is 0 Å². The number of aromatic nitrogens is 2. The van der Waals surface area contributed by atoms with Gasteiger partial charge in [-0.1, -0.05) is 13.8 Å². The van der Waals surface area contributed by atoms with E-state index in [0.29, 0.717) is 5.92 Å². The molecule has 3 nitrogen and oxygen atoms in total. The predicted molar refractivity (Wildman–Crippen MR) is 46.3 cm³/mol. The van der Waals surface area contributed by atoms with E-state index in [-0.39, 0.29) is 0 Å². The molecule has 0 aliphatic heterocycles. The molecule has 0 unspecified atom stereocenters. The molecule has 0 aliphatic rings. The molecule has 12 heavy (non-hydrogen) atoms. The minimum Gasteiger partial charge on any atom is -0.441 e. The van der Waals surface area contributed by atoms with Crippen molar-refractivity contribution < 1.29 is 4.42 Å². The molecule has 0 amide bonds. The predicted octanol–water partition coefficient (Wildman–Crippen LogP) is 2.36. The standard InChI is InChI=1S/C9H12N2O/c1-6(2)8-5-11-9(12-8)4-7(3)10-11/h4-6H,1-3H3. The summed E-state index contributed by atoms with van der Waals surface area (Å²) in [7, 11) is 0. The van der Waals surface area contributed by atoms with Crippen LogP contribution in [0.15, 0.2) is 16.7 Å². The maximum atomic E-state index is 5.55. The third-order valence-electron chi connectivity index (χ3n) is 1.86. The summed E-state index contributed by atoms with van der Waals surface area (Å²) in [5.74, 6) is 1.41. The zero-order chi connectivity index (χ0) is 8.72. The number of fused-ring (bicyclic) bond motifs is 1. The van der Waals surface area contributed by atoms with E-state index in [1.165, 1.54) is 0 Å². The summed E-state index contributed by atoms with van der Waals surface area (Å²) in [5, 5.41) is 4.24. The molecule has 2 aromatic heterocycles. The number of rotatable bonds is 1. The maximum Gasteiger partial charge on any atom is 0.221 e. The van der Waals surface area contributed by atoms with Gasteiger partial charge < -0.3 is 4.42 Å². The first-order valence-corrected chi connectivity index (χ1v) is 4.12. The zero-order valence-electron chi connectivity index (χ0n) is 7.53. The van der Waals surface area contributed by atoms with Gasteiger partial charge >= 0.3 is 0 Å². The third-order valence-corrected chi connectivity index (χ3v) is 1.86. The van der Waals surface area contributed by atoms with Gasteiger partial charge in [0.05, 0.1) is 11.9 Å². The van der Waals surface area contributed by atoms with E-state index >= 15 is 0 Å². The molecular weight excluding hydrogens is 152 g/mol. The first-order chi connectivity index (χ1) is 5.66. The van der Waals surface area contributed by atoms with E-state index in [1.54, 1.807) is 4.52 Å². The van der Waals surface area contributed by atoms with Crippen molar-refractivity contribution in [3.05, 3.63) is 23.7 Å². The molecule has 0 bridgehead atoms. The highest BCUT2D eigenvalue weighted by atomic mass is 16.4. The van der Waals surface area contributed by atoms with Crippen molar-refractivity contribution in [1.82, 2.24) is 9.61 Å². The van der Waals surface area contributed by atoms with E-state index in [2.05, 4.69) is 18.9 Å². The van der Waals surface area contributed by atoms with Crippen molar-refractivity contribution >= 4 is 5.71 Å². The molecule has 2 heterocycles. The fraction of sp³-hybridized carbons (Fsp3) is 0.444. The lowest BCUT2D eigenvalue weighted by molar-refractivity contribution is 0.519. The summed E-state index contributed by atoms with van der Waals surface area (Å²) in [5.41, 5.74) is 1.82. The average molecular weight is 164 g/mol. The highest BCUT2D eigenvalue weighted by Crippen LogP contribution is 2.18. The quantitative estimate of drug-likeness (QED) is 0.647. The van der Waals surface area contributed by atoms with Gasteiger partial charge in [-0.05, 0) is 6.92 Å². The minimum atomic E-state index is 0.423. The topological polar surface area (TPSA) is 30.4 Å². The van der Waals surface area contributed by atoms with Gasteiger partial charge in [0.25, 0.3) is 0 Å². The monoisotopic (exact) mass is 164 g/mol. The van der Waals surface area contributed by atoms with Gasteiger partial charge in [-0.3, -0.25) is 0 Å². The van der Waals surface area contributed by atoms with Crippen LogP contribution >= 0.6 is 0 Å². The second-order valence-electron chi connectivity index (χ2n) is 3.36. The van der Waals surface area contributed by atoms with Crippen molar-refractivity contribution in [2.75, 3.05) is 0 Å². The number of oxazole rings is 1. The Balaban J connectivity index is 2.57. The Hall–Kier alpha value is -1.25. The van der Waals surface area contributed by atoms with E-state index in [0.717, 1.165) is 17.2 Å². The van der Waals surface area contributed by atoms with Crippen molar-refractivity contribution in [1.29, 1.82) is 0 Å². The lowest BCUT2D eigenvalue weighted by Crippen LogP contribution is -1.84. The Bertz CT molecular complexity index is 366. The molecule has 0 N–H and O–H groups in total. The Labute approximate surface area is 71.0 Å². The summed E-state index contributed by atoms with van der Waals surface area (Å²) < 4.78 is 7.33. The molecule has 0 atom stereocenters. The number of aryl methyl sites for hydroxylation is 1. The van der Waals surface area contributed by atoms with Crippen molar-refractivity contribution in [2.24, 2.45) is 0 Å². The van der Waals surface area contributed by atoms with Gasteiger partial charge in [0.2, 0.25) is 5.71 Å². The van der Waals surface area contributed by atoms with E-state index in [9.17, 15) is 0 Å². The molecule has 0 fully saturated rings. The summed E-state index contributed by atoms with van der Waals surface area (Å²) >= 11 is 0. The first kappa shape index (κ1) is 7.40. The van der Waals surface area contributed by atoms with Crippen LogP contribution in [0.1, 0.15) is 31.2 Å². The summed E-state index contributed by atoms with van der Waals surface area (Å²) in [6.45, 7) is 6.16. The van der Waals surface area contributed by atoms with Gasteiger partial charge in [0, 0.05) is 12.0 Å². The van der Waals surface area contributed by atoms with Gasteiger partial charge in [-0.15, -0.1) is 0 Å². The van der Waals surface area contributed by atoms with Gasteiger partial charge in [0.1, 0.15) is 5.76 Å². The van der Waals surface area contributed by atoms with Crippen molar-refractivity contribution in [2.45, 2.75) is 26.7 Å². The number of hydrogen-bond donors (Lipinski definition) is 0. The molecule has 64 valence electrons. The van der Waals surface area contributed by atoms with Gasteiger partial charge in [-0.2, -0.15) is 5.10 Å². The Morgan fingerprint density at radius 2 is 2.25 bits per heavy atom. The third kappa shape index (κ3) is 1.02. The first-order valence-electron chi connectivity index (χ1n) is 4.12. The van der Waals surface area contributed by atoms with Crippen LogP contribution in [0.25, 0.3) is 5.71 Å². The minimum absolute atomic E-state index is 0.423. The summed E-state index contributed by atoms with van der Waals surface area (Å²) in [6, 6.07) is 1.94. The maximum absolute atomic E-state index is 5.55. The molecule has 0 aromatic carbocycles. The number of hydrogen-bond acceptors (Lipinski definition) is 2. The van der Waals surface area contributed by atoms with Crippen molar-refractivity contribution in [3.63, 3.8) is 0 Å². The second-order valence-corrected chi connectivity index (χ2v) is 3.36. The molecule has 0 aliphatic carbocycles. The van der Waals surface area contributed by atoms with Gasteiger partial charge in [-0.25, -0.2) is 4.52 Å². The highest BCUT2D eigenvalue weighted by molar-refractivity contribution is 5.36. The van der Waals surface area contributed by atoms with Crippen LogP contribution in [0.2, 0.25) is 0 Å². The Kier molecular flexibility index (Phi) is 1.46. The number of nitrogens with zero attached hydrogens (tertiary/aromatic N) is 2. The normalized spacial score (nSPS) is 11.7. The summed E-state index contributed by atoms with van der Waals surface area (Å²) in [6.07, 6.45) is 1.94. The molecule has 2 aromatic rings. The molecule has 0 spiro atoms. The average Bonchev–Trinajstić information content (AvgIpc) is 2.42. The largest absolute Gasteiger partial charge is 0.441 e. The molecule has 2 rings (SSSR count). The molecular formula is C9H12N2O. The molecule has 0 saturated carbocycles. The highest BCUT2D eigenvalue weighted by Gasteiger charge is 2.08.